The monoisotopic (exact) mass is 298 g/mol. The maximum atomic E-state index is 11.8. The molecule has 17 heavy (non-hydrogen) atoms. The highest BCUT2D eigenvalue weighted by atomic mass is 79.9. The van der Waals surface area contributed by atoms with Crippen LogP contribution in [0, 0.1) is 0 Å². The van der Waals surface area contributed by atoms with Crippen LogP contribution in [-0.2, 0) is 0 Å². The van der Waals surface area contributed by atoms with Crippen molar-refractivity contribution in [1.29, 1.82) is 0 Å². The topological polar surface area (TPSA) is 32.3 Å². The second-order valence-corrected chi connectivity index (χ2v) is 5.18. The molecule has 0 heterocycles. The maximum absolute atomic E-state index is 11.8. The molecule has 0 radical (unpaired) electrons. The third-order valence-electron chi connectivity index (χ3n) is 2.39. The number of benzene rings is 1. The quantitative estimate of drug-likeness (QED) is 0.618. The van der Waals surface area contributed by atoms with Crippen molar-refractivity contribution >= 4 is 21.7 Å². The summed E-state index contributed by atoms with van der Waals surface area (Å²) in [5.74, 6) is 0.135. The molecule has 1 rings (SSSR count). The largest absolute Gasteiger partial charge is 0.310 e. The molecule has 0 aliphatic rings. The molecule has 4 heteroatoms. The molecule has 0 bridgehead atoms. The number of hydrogen-bond donors (Lipinski definition) is 1. The van der Waals surface area contributed by atoms with Gasteiger partial charge >= 0.3 is 0 Å². The van der Waals surface area contributed by atoms with Crippen molar-refractivity contribution in [3.05, 3.63) is 34.3 Å². The molecule has 1 N–H and O–H groups in total. The van der Waals surface area contributed by atoms with Crippen LogP contribution in [0.15, 0.2) is 28.7 Å². The third-order valence-corrected chi connectivity index (χ3v) is 2.88. The zero-order valence-electron chi connectivity index (χ0n) is 10.4. The first-order valence-corrected chi connectivity index (χ1v) is 6.53. The summed E-state index contributed by atoms with van der Waals surface area (Å²) in [4.78, 5) is 13.9. The highest BCUT2D eigenvalue weighted by Crippen LogP contribution is 2.11. The van der Waals surface area contributed by atoms with Crippen molar-refractivity contribution in [3.8, 4) is 0 Å². The van der Waals surface area contributed by atoms with Gasteiger partial charge in [-0.25, -0.2) is 0 Å². The van der Waals surface area contributed by atoms with E-state index in [1.165, 1.54) is 0 Å². The summed E-state index contributed by atoms with van der Waals surface area (Å²) in [6.07, 6.45) is 1.05. The maximum Gasteiger partial charge on any atom is 0.176 e. The van der Waals surface area contributed by atoms with Crippen LogP contribution in [0.2, 0.25) is 0 Å². The Morgan fingerprint density at radius 2 is 2.18 bits per heavy atom. The van der Waals surface area contributed by atoms with Crippen molar-refractivity contribution in [2.75, 3.05) is 33.7 Å². The summed E-state index contributed by atoms with van der Waals surface area (Å²) < 4.78 is 0.941. The lowest BCUT2D eigenvalue weighted by molar-refractivity contribution is 0.0991. The van der Waals surface area contributed by atoms with E-state index in [-0.39, 0.29) is 5.78 Å². The molecule has 94 valence electrons. The molecule has 0 atom stereocenters. The third kappa shape index (κ3) is 5.96. The zero-order chi connectivity index (χ0) is 12.7. The van der Waals surface area contributed by atoms with Crippen LogP contribution in [0.5, 0.6) is 0 Å². The van der Waals surface area contributed by atoms with Gasteiger partial charge < -0.3 is 10.2 Å². The van der Waals surface area contributed by atoms with E-state index in [1.807, 2.05) is 38.4 Å². The van der Waals surface area contributed by atoms with E-state index in [4.69, 9.17) is 0 Å². The van der Waals surface area contributed by atoms with Crippen LogP contribution in [0.3, 0.4) is 0 Å². The molecule has 1 aromatic rings. The van der Waals surface area contributed by atoms with Crippen molar-refractivity contribution in [2.24, 2.45) is 0 Å². The Kier molecular flexibility index (Phi) is 6.40. The second kappa shape index (κ2) is 7.58. The Balaban J connectivity index is 2.26. The number of halogens is 1. The van der Waals surface area contributed by atoms with Gasteiger partial charge in [-0.2, -0.15) is 0 Å². The van der Waals surface area contributed by atoms with E-state index in [9.17, 15) is 4.79 Å². The van der Waals surface area contributed by atoms with Crippen molar-refractivity contribution in [3.63, 3.8) is 0 Å². The van der Waals surface area contributed by atoms with Gasteiger partial charge in [0.25, 0.3) is 0 Å². The number of nitrogens with zero attached hydrogens (tertiary/aromatic N) is 1. The second-order valence-electron chi connectivity index (χ2n) is 4.27. The van der Waals surface area contributed by atoms with Crippen molar-refractivity contribution < 1.29 is 4.79 Å². The Hall–Kier alpha value is -0.710. The fourth-order valence-electron chi connectivity index (χ4n) is 1.49. The fourth-order valence-corrected chi connectivity index (χ4v) is 1.89. The van der Waals surface area contributed by atoms with Gasteiger partial charge in [-0.1, -0.05) is 28.1 Å². The number of hydrogen-bond acceptors (Lipinski definition) is 3. The Morgan fingerprint density at radius 1 is 1.41 bits per heavy atom. The summed E-state index contributed by atoms with van der Waals surface area (Å²) in [6.45, 7) is 2.32. The lowest BCUT2D eigenvalue weighted by Gasteiger charge is -2.09. The number of nitrogens with one attached hydrogen (secondary N) is 1. The number of Topliss-reactive ketones (excluding diaryl/α,β-unsaturated/α-hetero) is 1. The Labute approximate surface area is 111 Å². The minimum atomic E-state index is 0.135. The molecule has 1 aromatic carbocycles. The lowest BCUT2D eigenvalue weighted by Crippen LogP contribution is -2.26. The van der Waals surface area contributed by atoms with Gasteiger partial charge in [0.05, 0.1) is 6.54 Å². The molecule has 0 aliphatic carbocycles. The number of carbonyl (C=O) groups excluding carboxylic acids is 1. The molecule has 0 aliphatic heterocycles. The lowest BCUT2D eigenvalue weighted by atomic mass is 10.1. The molecule has 0 spiro atoms. The van der Waals surface area contributed by atoms with Crippen LogP contribution in [-0.4, -0.2) is 44.4 Å². The molecule has 0 saturated carbocycles. The molecular formula is C13H19BrN2O. The molecule has 0 unspecified atom stereocenters. The van der Waals surface area contributed by atoms with E-state index in [0.717, 1.165) is 29.5 Å². The first kappa shape index (κ1) is 14.4. The van der Waals surface area contributed by atoms with E-state index in [1.54, 1.807) is 0 Å². The highest BCUT2D eigenvalue weighted by Gasteiger charge is 2.04. The van der Waals surface area contributed by atoms with Crippen molar-refractivity contribution in [2.45, 2.75) is 6.42 Å². The fraction of sp³-hybridized carbons (Fsp3) is 0.462. The van der Waals surface area contributed by atoms with E-state index in [2.05, 4.69) is 26.1 Å². The molecule has 0 aromatic heterocycles. The molecular weight excluding hydrogens is 280 g/mol. The van der Waals surface area contributed by atoms with Gasteiger partial charge in [-0.15, -0.1) is 0 Å². The predicted molar refractivity (Wildman–Crippen MR) is 74.5 cm³/mol. The standard InChI is InChI=1S/C13H19BrN2O/c1-16(2)8-4-7-15-10-13(17)11-5-3-6-12(14)9-11/h3,5-6,9,15H,4,7-8,10H2,1-2H3. The summed E-state index contributed by atoms with van der Waals surface area (Å²) in [6, 6.07) is 7.49. The predicted octanol–water partition coefficient (Wildman–Crippen LogP) is 2.17. The van der Waals surface area contributed by atoms with E-state index >= 15 is 0 Å². The van der Waals surface area contributed by atoms with Crippen LogP contribution < -0.4 is 5.32 Å². The van der Waals surface area contributed by atoms with Crippen molar-refractivity contribution in [1.82, 2.24) is 10.2 Å². The zero-order valence-corrected chi connectivity index (χ0v) is 12.0. The van der Waals surface area contributed by atoms with Gasteiger partial charge in [0.2, 0.25) is 0 Å². The van der Waals surface area contributed by atoms with Gasteiger partial charge in [0.1, 0.15) is 0 Å². The number of rotatable bonds is 7. The summed E-state index contributed by atoms with van der Waals surface area (Å²) in [7, 11) is 4.10. The molecule has 0 fully saturated rings. The summed E-state index contributed by atoms with van der Waals surface area (Å²) in [5.41, 5.74) is 0.750. The van der Waals surface area contributed by atoms with Gasteiger partial charge in [-0.3, -0.25) is 4.79 Å². The Morgan fingerprint density at radius 3 is 2.82 bits per heavy atom. The Bertz CT molecular complexity index is 366. The normalized spacial score (nSPS) is 10.8. The van der Waals surface area contributed by atoms with Crippen LogP contribution in [0.1, 0.15) is 16.8 Å². The van der Waals surface area contributed by atoms with Gasteiger partial charge in [-0.05, 0) is 45.7 Å². The molecule has 0 amide bonds. The van der Waals surface area contributed by atoms with Gasteiger partial charge in [0.15, 0.2) is 5.78 Å². The highest BCUT2D eigenvalue weighted by molar-refractivity contribution is 9.10. The van der Waals surface area contributed by atoms with Crippen LogP contribution >= 0.6 is 15.9 Å². The summed E-state index contributed by atoms with van der Waals surface area (Å²) in [5, 5.41) is 3.17. The number of carbonyl (C=O) groups is 1. The first-order chi connectivity index (χ1) is 8.09. The van der Waals surface area contributed by atoms with Gasteiger partial charge in [0, 0.05) is 10.0 Å². The SMILES string of the molecule is CN(C)CCCNCC(=O)c1cccc(Br)c1. The molecule has 3 nitrogen and oxygen atoms in total. The summed E-state index contributed by atoms with van der Waals surface area (Å²) >= 11 is 3.36. The van der Waals surface area contributed by atoms with Crippen LogP contribution in [0.4, 0.5) is 0 Å². The average molecular weight is 299 g/mol. The average Bonchev–Trinajstić information content (AvgIpc) is 2.28. The van der Waals surface area contributed by atoms with E-state index < -0.39 is 0 Å². The number of ketones is 1. The van der Waals surface area contributed by atoms with E-state index in [0.29, 0.717) is 6.54 Å². The smallest absolute Gasteiger partial charge is 0.176 e. The first-order valence-electron chi connectivity index (χ1n) is 5.74. The molecule has 0 saturated heterocycles. The minimum Gasteiger partial charge on any atom is -0.310 e. The minimum absolute atomic E-state index is 0.135. The van der Waals surface area contributed by atoms with Crippen LogP contribution in [0.25, 0.3) is 0 Å².